The average Bonchev–Trinajstić information content (AvgIpc) is 3.56. The first kappa shape index (κ1) is 31.3. The number of anilines is 1. The van der Waals surface area contributed by atoms with Gasteiger partial charge in [-0.15, -0.1) is 0 Å². The minimum absolute atomic E-state index is 0.104. The molecule has 1 amide bonds. The second kappa shape index (κ2) is 13.2. The van der Waals surface area contributed by atoms with Crippen LogP contribution in [0.15, 0.2) is 72.3 Å². The fourth-order valence-electron chi connectivity index (χ4n) is 5.09. The van der Waals surface area contributed by atoms with Crippen LogP contribution in [0, 0.1) is 13.8 Å². The van der Waals surface area contributed by atoms with Crippen molar-refractivity contribution in [2.75, 3.05) is 25.7 Å². The molecule has 45 heavy (non-hydrogen) atoms. The molecule has 1 N–H and O–H groups in total. The summed E-state index contributed by atoms with van der Waals surface area (Å²) in [5.41, 5.74) is 2.71. The number of rotatable bonds is 10. The van der Waals surface area contributed by atoms with E-state index in [-0.39, 0.29) is 21.3 Å². The Morgan fingerprint density at radius 2 is 1.69 bits per heavy atom. The highest BCUT2D eigenvalue weighted by atomic mass is 32.1. The largest absolute Gasteiger partial charge is 0.507 e. The van der Waals surface area contributed by atoms with Crippen molar-refractivity contribution in [3.8, 4) is 17.2 Å². The van der Waals surface area contributed by atoms with E-state index in [1.807, 2.05) is 44.2 Å². The molecule has 5 rings (SSSR count). The molecule has 1 aliphatic rings. The number of nitrogens with zero attached hydrogens (tertiary/aromatic N) is 2. The minimum Gasteiger partial charge on any atom is -0.507 e. The first-order valence-electron chi connectivity index (χ1n) is 14.1. The van der Waals surface area contributed by atoms with Gasteiger partial charge in [-0.1, -0.05) is 47.7 Å². The molecule has 0 unspecified atom stereocenters. The van der Waals surface area contributed by atoms with Crippen molar-refractivity contribution in [3.05, 3.63) is 105 Å². The molecule has 0 aliphatic carbocycles. The third-order valence-corrected chi connectivity index (χ3v) is 8.43. The maximum atomic E-state index is 13.7. The smallest absolute Gasteiger partial charge is 0.350 e. The summed E-state index contributed by atoms with van der Waals surface area (Å²) in [7, 11) is 2.73. The van der Waals surface area contributed by atoms with Crippen LogP contribution in [-0.2, 0) is 20.9 Å². The molecule has 1 atom stereocenters. The molecule has 4 aromatic rings. The van der Waals surface area contributed by atoms with Gasteiger partial charge < -0.3 is 24.1 Å². The molecular formula is C34H32N2O8S. The zero-order valence-corrected chi connectivity index (χ0v) is 26.3. The number of aliphatic hydroxyl groups is 1. The first-order chi connectivity index (χ1) is 21.7. The van der Waals surface area contributed by atoms with E-state index >= 15 is 0 Å². The van der Waals surface area contributed by atoms with Crippen LogP contribution in [0.25, 0.3) is 5.76 Å². The van der Waals surface area contributed by atoms with Gasteiger partial charge in [0.2, 0.25) is 0 Å². The number of carbonyl (C=O) groups excluding carboxylic acids is 3. The Kier molecular flexibility index (Phi) is 9.19. The second-order valence-corrected chi connectivity index (χ2v) is 11.1. The van der Waals surface area contributed by atoms with E-state index in [2.05, 4.69) is 4.98 Å². The summed E-state index contributed by atoms with van der Waals surface area (Å²) < 4.78 is 22.1. The third-order valence-electron chi connectivity index (χ3n) is 7.30. The van der Waals surface area contributed by atoms with Gasteiger partial charge in [-0.3, -0.25) is 14.5 Å². The van der Waals surface area contributed by atoms with Crippen LogP contribution in [-0.4, -0.2) is 48.6 Å². The van der Waals surface area contributed by atoms with Gasteiger partial charge in [0.15, 0.2) is 16.6 Å². The Hall–Kier alpha value is -5.16. The third kappa shape index (κ3) is 6.12. The van der Waals surface area contributed by atoms with E-state index in [0.29, 0.717) is 47.3 Å². The van der Waals surface area contributed by atoms with Gasteiger partial charge in [0.05, 0.1) is 38.1 Å². The van der Waals surface area contributed by atoms with Gasteiger partial charge >= 0.3 is 11.9 Å². The zero-order valence-electron chi connectivity index (χ0n) is 25.5. The molecular weight excluding hydrogens is 596 g/mol. The lowest BCUT2D eigenvalue weighted by Gasteiger charge is -2.24. The summed E-state index contributed by atoms with van der Waals surface area (Å²) in [5.74, 6) is -1.33. The molecule has 0 bridgehead atoms. The fourth-order valence-corrected chi connectivity index (χ4v) is 6.10. The molecule has 1 aliphatic heterocycles. The van der Waals surface area contributed by atoms with Crippen LogP contribution in [0.1, 0.15) is 50.6 Å². The van der Waals surface area contributed by atoms with Crippen LogP contribution in [0.3, 0.4) is 0 Å². The van der Waals surface area contributed by atoms with Gasteiger partial charge in [-0.25, -0.2) is 9.78 Å². The molecule has 1 saturated heterocycles. The van der Waals surface area contributed by atoms with Crippen LogP contribution in [0.2, 0.25) is 0 Å². The molecule has 0 spiro atoms. The van der Waals surface area contributed by atoms with Crippen molar-refractivity contribution in [1.82, 2.24) is 4.98 Å². The number of hydrogen-bond acceptors (Lipinski definition) is 10. The summed E-state index contributed by atoms with van der Waals surface area (Å²) in [5, 5.41) is 11.8. The lowest BCUT2D eigenvalue weighted by Crippen LogP contribution is -2.29. The van der Waals surface area contributed by atoms with Crippen molar-refractivity contribution >= 4 is 39.9 Å². The average molecular weight is 629 g/mol. The number of benzene rings is 3. The number of carbonyl (C=O) groups is 3. The maximum absolute atomic E-state index is 13.7. The summed E-state index contributed by atoms with van der Waals surface area (Å²) in [6.45, 7) is 6.04. The minimum atomic E-state index is -1.10. The monoisotopic (exact) mass is 628 g/mol. The highest BCUT2D eigenvalue weighted by molar-refractivity contribution is 7.17. The number of thiazole rings is 1. The van der Waals surface area contributed by atoms with E-state index in [1.54, 1.807) is 43.3 Å². The Morgan fingerprint density at radius 3 is 2.36 bits per heavy atom. The molecule has 0 radical (unpaired) electrons. The van der Waals surface area contributed by atoms with E-state index in [0.717, 1.165) is 22.5 Å². The van der Waals surface area contributed by atoms with E-state index in [1.165, 1.54) is 19.1 Å². The molecule has 3 aromatic carbocycles. The van der Waals surface area contributed by atoms with Gasteiger partial charge in [0.1, 0.15) is 23.0 Å². The Balaban J connectivity index is 1.61. The lowest BCUT2D eigenvalue weighted by molar-refractivity contribution is -0.132. The van der Waals surface area contributed by atoms with Crippen molar-refractivity contribution < 1.29 is 38.4 Å². The van der Waals surface area contributed by atoms with E-state index in [9.17, 15) is 19.5 Å². The number of hydrogen-bond donors (Lipinski definition) is 1. The first-order valence-corrected chi connectivity index (χ1v) is 14.9. The highest BCUT2D eigenvalue weighted by Crippen LogP contribution is 2.45. The van der Waals surface area contributed by atoms with Gasteiger partial charge in [0, 0.05) is 5.56 Å². The number of methoxy groups -OCH3 is 2. The van der Waals surface area contributed by atoms with E-state index in [4.69, 9.17) is 18.9 Å². The zero-order chi connectivity index (χ0) is 32.2. The van der Waals surface area contributed by atoms with Crippen LogP contribution >= 0.6 is 11.3 Å². The number of amides is 1. The van der Waals surface area contributed by atoms with Crippen LogP contribution in [0.5, 0.6) is 17.2 Å². The molecule has 1 aromatic heterocycles. The molecule has 0 saturated carbocycles. The normalized spacial score (nSPS) is 15.7. The molecule has 1 fully saturated rings. The fraction of sp³-hybridized carbons (Fsp3) is 0.235. The quantitative estimate of drug-likeness (QED) is 0.0952. The standard InChI is InChI=1S/C34H32N2O8S/c1-6-43-25-15-12-22(17-26(25)41-4)28-27(30(38)32(39)36(28)34-35-20(3)31(45-34)33(40)42-5)29(37)23-13-14-24(19(2)16-23)44-18-21-10-8-7-9-11-21/h7-17,28,37H,6,18H2,1-5H3/b29-27+/t28-/m1/s1. The van der Waals surface area contributed by atoms with Crippen molar-refractivity contribution in [2.24, 2.45) is 0 Å². The predicted molar refractivity (Wildman–Crippen MR) is 169 cm³/mol. The summed E-state index contributed by atoms with van der Waals surface area (Å²) >= 11 is 0.923. The Bertz CT molecular complexity index is 1800. The SMILES string of the molecule is CCOc1ccc([C@@H]2/C(=C(\O)c3ccc(OCc4ccccc4)c(C)c3)C(=O)C(=O)N2c2nc(C)c(C(=O)OC)s2)cc1OC. The maximum Gasteiger partial charge on any atom is 0.350 e. The van der Waals surface area contributed by atoms with E-state index < -0.39 is 23.7 Å². The lowest BCUT2D eigenvalue weighted by atomic mass is 9.94. The highest BCUT2D eigenvalue weighted by Gasteiger charge is 2.48. The summed E-state index contributed by atoms with van der Waals surface area (Å²) in [6.07, 6.45) is 0. The number of aryl methyl sites for hydroxylation is 2. The van der Waals surface area contributed by atoms with Crippen LogP contribution < -0.4 is 19.1 Å². The second-order valence-electron chi connectivity index (χ2n) is 10.2. The van der Waals surface area contributed by atoms with Crippen molar-refractivity contribution in [1.29, 1.82) is 0 Å². The number of ether oxygens (including phenoxy) is 4. The number of aromatic nitrogens is 1. The summed E-state index contributed by atoms with van der Waals surface area (Å²) in [4.78, 5) is 45.6. The number of esters is 1. The topological polar surface area (TPSA) is 124 Å². The molecule has 2 heterocycles. The number of aliphatic hydroxyl groups excluding tert-OH is 1. The Morgan fingerprint density at radius 1 is 0.956 bits per heavy atom. The van der Waals surface area contributed by atoms with Crippen LogP contribution in [0.4, 0.5) is 5.13 Å². The van der Waals surface area contributed by atoms with Gasteiger partial charge in [-0.05, 0) is 67.8 Å². The molecule has 10 nitrogen and oxygen atoms in total. The van der Waals surface area contributed by atoms with Gasteiger partial charge in [-0.2, -0.15) is 0 Å². The van der Waals surface area contributed by atoms with Crippen molar-refractivity contribution in [3.63, 3.8) is 0 Å². The number of Topliss-reactive ketones (excluding diaryl/α,β-unsaturated/α-hetero) is 1. The van der Waals surface area contributed by atoms with Crippen molar-refractivity contribution in [2.45, 2.75) is 33.4 Å². The molecule has 232 valence electrons. The molecule has 11 heteroatoms. The number of ketones is 1. The van der Waals surface area contributed by atoms with Gasteiger partial charge in [0.25, 0.3) is 5.78 Å². The predicted octanol–water partition coefficient (Wildman–Crippen LogP) is 6.16. The Labute approximate surface area is 264 Å². The summed E-state index contributed by atoms with van der Waals surface area (Å²) in [6, 6.07) is 18.7.